The first-order chi connectivity index (χ1) is 8.15. The van der Waals surface area contributed by atoms with Crippen molar-refractivity contribution in [3.8, 4) is 0 Å². The maximum atomic E-state index is 12.3. The monoisotopic (exact) mass is 303 g/mol. The second-order valence-corrected chi connectivity index (χ2v) is 9.39. The number of hydrogen-bond acceptors (Lipinski definition) is 3. The van der Waals surface area contributed by atoms with Crippen molar-refractivity contribution in [2.24, 2.45) is 23.7 Å². The van der Waals surface area contributed by atoms with Crippen LogP contribution in [0.4, 0.5) is 13.2 Å². The normalized spacial score (nSPS) is 45.9. The molecule has 0 aromatic carbocycles. The summed E-state index contributed by atoms with van der Waals surface area (Å²) in [6.07, 6.45) is 4.24. The van der Waals surface area contributed by atoms with Gasteiger partial charge in [0.05, 0.1) is 18.6 Å². The minimum absolute atomic E-state index is 0.000424. The van der Waals surface area contributed by atoms with Gasteiger partial charge >= 0.3 is 15.6 Å². The third kappa shape index (κ3) is 1.57. The summed E-state index contributed by atoms with van der Waals surface area (Å²) in [5.74, 6) is 0.859. The average Bonchev–Trinajstić information content (AvgIpc) is 2.55. The van der Waals surface area contributed by atoms with Gasteiger partial charge in [-0.15, -0.1) is 0 Å². The van der Waals surface area contributed by atoms with Crippen LogP contribution in [-0.2, 0) is 25.2 Å². The highest BCUT2D eigenvalue weighted by molar-refractivity contribution is 7.96. The van der Waals surface area contributed by atoms with Crippen LogP contribution in [0.25, 0.3) is 0 Å². The van der Waals surface area contributed by atoms with Crippen molar-refractivity contribution in [1.29, 1.82) is 0 Å². The van der Waals surface area contributed by atoms with Crippen LogP contribution in [0, 0.1) is 23.7 Å². The Balaban J connectivity index is 1.79. The molecular weight excluding hydrogens is 289 g/mol. The van der Waals surface area contributed by atoms with Crippen LogP contribution in [0.5, 0.6) is 0 Å². The van der Waals surface area contributed by atoms with Crippen LogP contribution in [0.2, 0.25) is 0 Å². The Bertz CT molecular complexity index is 473. The quantitative estimate of drug-likeness (QED) is 0.449. The minimum atomic E-state index is -5.44. The van der Waals surface area contributed by atoms with Crippen LogP contribution in [0.1, 0.15) is 6.42 Å². The van der Waals surface area contributed by atoms with Gasteiger partial charge in [-0.2, -0.15) is 21.6 Å². The standard InChI is InChI=1S/C10H14F3O3S2/c1-17(2)9-5-3-4-6(7(4)9)8(5)16-18(14,15)10(11,12)13/h4-9H,3H2,1-2H3/q+1/t4-,5+,6?,7?,8+,9+/m0/s1. The first-order valence-corrected chi connectivity index (χ1v) is 9.22. The Hall–Kier alpha value is 0.0500. The van der Waals surface area contributed by atoms with E-state index in [2.05, 4.69) is 16.7 Å². The average molecular weight is 303 g/mol. The van der Waals surface area contributed by atoms with Gasteiger partial charge in [0.1, 0.15) is 5.25 Å². The summed E-state index contributed by atoms with van der Waals surface area (Å²) in [4.78, 5) is 0. The smallest absolute Gasteiger partial charge is 0.259 e. The van der Waals surface area contributed by atoms with Crippen molar-refractivity contribution < 1.29 is 25.8 Å². The van der Waals surface area contributed by atoms with E-state index in [0.717, 1.165) is 6.42 Å². The fourth-order valence-corrected chi connectivity index (χ4v) is 6.66. The van der Waals surface area contributed by atoms with Gasteiger partial charge in [-0.3, -0.25) is 4.18 Å². The second-order valence-electron chi connectivity index (χ2n) is 5.52. The summed E-state index contributed by atoms with van der Waals surface area (Å²) < 4.78 is 63.6. The lowest BCUT2D eigenvalue weighted by atomic mass is 10.1. The molecule has 0 aliphatic heterocycles. The Morgan fingerprint density at radius 3 is 2.17 bits per heavy atom. The maximum Gasteiger partial charge on any atom is 0.523 e. The summed E-state index contributed by atoms with van der Waals surface area (Å²) in [6, 6.07) is 0. The van der Waals surface area contributed by atoms with E-state index in [1.54, 1.807) is 0 Å². The molecule has 0 heterocycles. The molecule has 0 spiro atoms. The fourth-order valence-electron chi connectivity index (χ4n) is 4.01. The Labute approximate surface area is 107 Å². The first-order valence-electron chi connectivity index (χ1n) is 5.71. The molecule has 18 heavy (non-hydrogen) atoms. The van der Waals surface area contributed by atoms with E-state index in [1.807, 2.05) is 0 Å². The summed E-state index contributed by atoms with van der Waals surface area (Å²) in [6.45, 7) is 0. The van der Waals surface area contributed by atoms with Gasteiger partial charge in [-0.25, -0.2) is 0 Å². The molecule has 3 nitrogen and oxygen atoms in total. The van der Waals surface area contributed by atoms with Gasteiger partial charge in [-0.05, 0) is 29.2 Å². The maximum absolute atomic E-state index is 12.3. The van der Waals surface area contributed by atoms with E-state index in [-0.39, 0.29) is 22.7 Å². The van der Waals surface area contributed by atoms with Crippen LogP contribution in [0.15, 0.2) is 0 Å². The molecule has 4 rings (SSSR count). The van der Waals surface area contributed by atoms with Gasteiger partial charge in [0, 0.05) is 11.8 Å². The second kappa shape index (κ2) is 3.58. The van der Waals surface area contributed by atoms with Gasteiger partial charge < -0.3 is 0 Å². The lowest BCUT2D eigenvalue weighted by molar-refractivity contribution is -0.0586. The van der Waals surface area contributed by atoms with Crippen LogP contribution in [0.3, 0.4) is 0 Å². The van der Waals surface area contributed by atoms with Crippen molar-refractivity contribution in [3.05, 3.63) is 0 Å². The predicted molar refractivity (Wildman–Crippen MR) is 61.4 cm³/mol. The Morgan fingerprint density at radius 2 is 1.78 bits per heavy atom. The topological polar surface area (TPSA) is 43.4 Å². The zero-order valence-corrected chi connectivity index (χ0v) is 11.5. The number of hydrogen-bond donors (Lipinski definition) is 0. The number of alkyl halides is 3. The van der Waals surface area contributed by atoms with Gasteiger partial charge in [-0.1, -0.05) is 0 Å². The minimum Gasteiger partial charge on any atom is -0.259 e. The molecule has 4 aliphatic carbocycles. The van der Waals surface area contributed by atoms with E-state index >= 15 is 0 Å². The fraction of sp³-hybridized carbons (Fsp3) is 1.00. The highest BCUT2D eigenvalue weighted by Crippen LogP contribution is 2.73. The molecular formula is C10H14F3O3S2+. The van der Waals surface area contributed by atoms with Crippen LogP contribution in [-0.4, -0.2) is 37.8 Å². The Morgan fingerprint density at radius 1 is 1.17 bits per heavy atom. The molecule has 4 fully saturated rings. The van der Waals surface area contributed by atoms with E-state index in [4.69, 9.17) is 0 Å². The van der Waals surface area contributed by atoms with Crippen LogP contribution >= 0.6 is 0 Å². The molecule has 4 aliphatic rings. The van der Waals surface area contributed by atoms with E-state index in [1.165, 1.54) is 0 Å². The molecule has 0 aromatic heterocycles. The van der Waals surface area contributed by atoms with Crippen LogP contribution < -0.4 is 0 Å². The summed E-state index contributed by atoms with van der Waals surface area (Å²) in [5, 5.41) is 0.355. The molecule has 4 saturated carbocycles. The van der Waals surface area contributed by atoms with Gasteiger partial charge in [0.25, 0.3) is 0 Å². The van der Waals surface area contributed by atoms with Crippen molar-refractivity contribution in [2.45, 2.75) is 23.3 Å². The number of halogens is 3. The lowest BCUT2D eigenvalue weighted by Gasteiger charge is -2.19. The van der Waals surface area contributed by atoms with Crippen molar-refractivity contribution in [2.75, 3.05) is 12.5 Å². The highest BCUT2D eigenvalue weighted by Gasteiger charge is 2.79. The summed E-state index contributed by atoms with van der Waals surface area (Å²) in [7, 11) is -5.33. The molecule has 0 N–H and O–H groups in total. The highest BCUT2D eigenvalue weighted by atomic mass is 32.2. The SMILES string of the molecule is C[S+](C)[C@H]1C2C3[C@@H]2C[C@@H]1[C@H]3OS(=O)(=O)C(F)(F)F. The van der Waals surface area contributed by atoms with E-state index in [9.17, 15) is 21.6 Å². The molecule has 6 atom stereocenters. The van der Waals surface area contributed by atoms with Gasteiger partial charge in [0.15, 0.2) is 0 Å². The summed E-state index contributed by atoms with van der Waals surface area (Å²) >= 11 is 0. The zero-order chi connectivity index (χ0) is 13.5. The first kappa shape index (κ1) is 13.1. The third-order valence-corrected chi connectivity index (χ3v) is 7.30. The molecule has 4 bridgehead atoms. The predicted octanol–water partition coefficient (Wildman–Crippen LogP) is 1.36. The molecule has 2 unspecified atom stereocenters. The van der Waals surface area contributed by atoms with E-state index < -0.39 is 21.7 Å². The molecule has 8 heteroatoms. The summed E-state index contributed by atoms with van der Waals surface area (Å²) in [5.41, 5.74) is -5.31. The third-order valence-electron chi connectivity index (χ3n) is 4.50. The molecule has 0 radical (unpaired) electrons. The molecule has 0 amide bonds. The molecule has 0 saturated heterocycles. The largest absolute Gasteiger partial charge is 0.523 e. The zero-order valence-electron chi connectivity index (χ0n) is 9.85. The van der Waals surface area contributed by atoms with Gasteiger partial charge in [0.2, 0.25) is 0 Å². The molecule has 0 aromatic rings. The Kier molecular flexibility index (Phi) is 2.59. The van der Waals surface area contributed by atoms with Crippen molar-refractivity contribution in [3.63, 3.8) is 0 Å². The molecule has 104 valence electrons. The lowest BCUT2D eigenvalue weighted by Crippen LogP contribution is -2.34. The van der Waals surface area contributed by atoms with Crippen molar-refractivity contribution in [1.82, 2.24) is 0 Å². The van der Waals surface area contributed by atoms with Crippen molar-refractivity contribution >= 4 is 21.0 Å². The van der Waals surface area contributed by atoms with E-state index in [0.29, 0.717) is 17.1 Å². The number of rotatable bonds is 3.